The van der Waals surface area contributed by atoms with Gasteiger partial charge in [0.1, 0.15) is 0 Å². The second-order valence-electron chi connectivity index (χ2n) is 4.08. The number of benzene rings is 1. The summed E-state index contributed by atoms with van der Waals surface area (Å²) in [6.45, 7) is 1.56. The number of halogens is 1. The Balaban J connectivity index is 2.95. The van der Waals surface area contributed by atoms with Crippen LogP contribution in [0.15, 0.2) is 21.5 Å². The minimum atomic E-state index is -3.72. The maximum atomic E-state index is 12.1. The predicted octanol–water partition coefficient (Wildman–Crippen LogP) is 0.625. The van der Waals surface area contributed by atoms with Gasteiger partial charge in [-0.15, -0.1) is 0 Å². The van der Waals surface area contributed by atoms with Gasteiger partial charge in [-0.3, -0.25) is 0 Å². The standard InChI is InChI=1S/C11H17BrN2O4S/c1-7-10(13)3-8(12)4-11(7)19(16,17)14-5-9(15)6-18-2/h3-4,9,14-15H,5-6,13H2,1-2H3. The van der Waals surface area contributed by atoms with Gasteiger partial charge in [0.05, 0.1) is 17.6 Å². The molecule has 0 spiro atoms. The second-order valence-corrected chi connectivity index (χ2v) is 6.73. The summed E-state index contributed by atoms with van der Waals surface area (Å²) in [5.41, 5.74) is 6.58. The highest BCUT2D eigenvalue weighted by atomic mass is 79.9. The molecule has 6 nitrogen and oxygen atoms in total. The quantitative estimate of drug-likeness (QED) is 0.651. The number of aliphatic hydroxyl groups is 1. The van der Waals surface area contributed by atoms with Crippen molar-refractivity contribution >= 4 is 31.6 Å². The number of ether oxygens (including phenoxy) is 1. The van der Waals surface area contributed by atoms with Crippen LogP contribution >= 0.6 is 15.9 Å². The van der Waals surface area contributed by atoms with E-state index < -0.39 is 16.1 Å². The minimum absolute atomic E-state index is 0.0577. The zero-order valence-electron chi connectivity index (χ0n) is 10.7. The zero-order valence-corrected chi connectivity index (χ0v) is 13.1. The number of sulfonamides is 1. The first-order chi connectivity index (χ1) is 8.77. The number of rotatable bonds is 6. The molecule has 0 heterocycles. The van der Waals surface area contributed by atoms with Crippen LogP contribution in [0.1, 0.15) is 5.56 Å². The normalized spacial score (nSPS) is 13.5. The summed E-state index contributed by atoms with van der Waals surface area (Å²) < 4.78 is 31.9. The van der Waals surface area contributed by atoms with Gasteiger partial charge in [-0.1, -0.05) is 15.9 Å². The van der Waals surface area contributed by atoms with Gasteiger partial charge in [0, 0.05) is 23.8 Å². The number of anilines is 1. The van der Waals surface area contributed by atoms with Crippen molar-refractivity contribution in [2.24, 2.45) is 0 Å². The zero-order chi connectivity index (χ0) is 14.6. The smallest absolute Gasteiger partial charge is 0.241 e. The molecule has 0 fully saturated rings. The Morgan fingerprint density at radius 2 is 2.16 bits per heavy atom. The Morgan fingerprint density at radius 3 is 2.74 bits per heavy atom. The molecule has 0 aromatic heterocycles. The van der Waals surface area contributed by atoms with Crippen molar-refractivity contribution in [3.63, 3.8) is 0 Å². The molecule has 1 aromatic carbocycles. The molecule has 1 unspecified atom stereocenters. The molecular formula is C11H17BrN2O4S. The fraction of sp³-hybridized carbons (Fsp3) is 0.455. The van der Waals surface area contributed by atoms with Crippen molar-refractivity contribution in [1.82, 2.24) is 4.72 Å². The molecule has 1 aromatic rings. The summed E-state index contributed by atoms with van der Waals surface area (Å²) in [5.74, 6) is 0. The van der Waals surface area contributed by atoms with E-state index in [0.29, 0.717) is 15.7 Å². The highest BCUT2D eigenvalue weighted by molar-refractivity contribution is 9.10. The fourth-order valence-corrected chi connectivity index (χ4v) is 3.49. The van der Waals surface area contributed by atoms with Crippen LogP contribution in [0.3, 0.4) is 0 Å². The number of hydrogen-bond donors (Lipinski definition) is 3. The van der Waals surface area contributed by atoms with Gasteiger partial charge in [0.15, 0.2) is 0 Å². The first-order valence-corrected chi connectivity index (χ1v) is 7.78. The third kappa shape index (κ3) is 4.43. The van der Waals surface area contributed by atoms with E-state index in [0.717, 1.165) is 0 Å². The lowest BCUT2D eigenvalue weighted by molar-refractivity contribution is 0.0679. The molecule has 0 amide bonds. The minimum Gasteiger partial charge on any atom is -0.398 e. The molecule has 0 saturated carbocycles. The van der Waals surface area contributed by atoms with Crippen molar-refractivity contribution in [3.8, 4) is 0 Å². The summed E-state index contributed by atoms with van der Waals surface area (Å²) in [6.07, 6.45) is -0.899. The van der Waals surface area contributed by atoms with Crippen molar-refractivity contribution in [3.05, 3.63) is 22.2 Å². The van der Waals surface area contributed by atoms with Gasteiger partial charge in [-0.05, 0) is 24.6 Å². The summed E-state index contributed by atoms with van der Waals surface area (Å²) in [7, 11) is -2.30. The molecule has 0 radical (unpaired) electrons. The van der Waals surface area contributed by atoms with Crippen LogP contribution in [-0.4, -0.2) is 39.9 Å². The highest BCUT2D eigenvalue weighted by Gasteiger charge is 2.20. The number of nitrogen functional groups attached to an aromatic ring is 1. The molecule has 1 rings (SSSR count). The maximum Gasteiger partial charge on any atom is 0.241 e. The predicted molar refractivity (Wildman–Crippen MR) is 76.4 cm³/mol. The molecule has 0 aliphatic heterocycles. The van der Waals surface area contributed by atoms with E-state index >= 15 is 0 Å². The summed E-state index contributed by atoms with van der Waals surface area (Å²) in [5, 5.41) is 9.45. The van der Waals surface area contributed by atoms with Gasteiger partial charge in [-0.25, -0.2) is 13.1 Å². The Bertz CT molecular complexity index is 548. The van der Waals surface area contributed by atoms with Gasteiger partial charge in [-0.2, -0.15) is 0 Å². The SMILES string of the molecule is COCC(O)CNS(=O)(=O)c1cc(Br)cc(N)c1C. The number of nitrogens with two attached hydrogens (primary N) is 1. The van der Waals surface area contributed by atoms with Gasteiger partial charge >= 0.3 is 0 Å². The first kappa shape index (κ1) is 16.4. The van der Waals surface area contributed by atoms with Gasteiger partial charge in [0.25, 0.3) is 0 Å². The monoisotopic (exact) mass is 352 g/mol. The van der Waals surface area contributed by atoms with Crippen LogP contribution in [0.4, 0.5) is 5.69 Å². The van der Waals surface area contributed by atoms with Crippen LogP contribution in [0.5, 0.6) is 0 Å². The topological polar surface area (TPSA) is 102 Å². The van der Waals surface area contributed by atoms with Crippen LogP contribution < -0.4 is 10.5 Å². The molecule has 0 aliphatic rings. The molecular weight excluding hydrogens is 336 g/mol. The Morgan fingerprint density at radius 1 is 1.53 bits per heavy atom. The maximum absolute atomic E-state index is 12.1. The average Bonchev–Trinajstić information content (AvgIpc) is 2.31. The van der Waals surface area contributed by atoms with E-state index in [9.17, 15) is 13.5 Å². The van der Waals surface area contributed by atoms with E-state index in [1.54, 1.807) is 13.0 Å². The lowest BCUT2D eigenvalue weighted by atomic mass is 10.2. The van der Waals surface area contributed by atoms with E-state index in [2.05, 4.69) is 20.7 Å². The van der Waals surface area contributed by atoms with E-state index in [1.165, 1.54) is 13.2 Å². The molecule has 19 heavy (non-hydrogen) atoms. The largest absolute Gasteiger partial charge is 0.398 e. The average molecular weight is 353 g/mol. The molecule has 8 heteroatoms. The van der Waals surface area contributed by atoms with Crippen LogP contribution in [0, 0.1) is 6.92 Å². The van der Waals surface area contributed by atoms with Crippen LogP contribution in [-0.2, 0) is 14.8 Å². The number of nitrogens with one attached hydrogen (secondary N) is 1. The number of aliphatic hydroxyl groups excluding tert-OH is 1. The summed E-state index contributed by atoms with van der Waals surface area (Å²) >= 11 is 3.20. The van der Waals surface area contributed by atoms with Crippen molar-refractivity contribution in [1.29, 1.82) is 0 Å². The summed E-state index contributed by atoms with van der Waals surface area (Å²) in [4.78, 5) is 0.0870. The second kappa shape index (κ2) is 6.67. The molecule has 1 atom stereocenters. The van der Waals surface area contributed by atoms with Crippen molar-refractivity contribution in [2.45, 2.75) is 17.9 Å². The van der Waals surface area contributed by atoms with Crippen LogP contribution in [0.2, 0.25) is 0 Å². The third-order valence-electron chi connectivity index (χ3n) is 2.52. The third-order valence-corrected chi connectivity index (χ3v) is 4.53. The lowest BCUT2D eigenvalue weighted by Gasteiger charge is -2.14. The van der Waals surface area contributed by atoms with E-state index in [1.807, 2.05) is 0 Å². The number of hydrogen-bond acceptors (Lipinski definition) is 5. The first-order valence-electron chi connectivity index (χ1n) is 5.50. The molecule has 0 aliphatic carbocycles. The highest BCUT2D eigenvalue weighted by Crippen LogP contribution is 2.26. The lowest BCUT2D eigenvalue weighted by Crippen LogP contribution is -2.34. The van der Waals surface area contributed by atoms with Gasteiger partial charge < -0.3 is 15.6 Å². The van der Waals surface area contributed by atoms with E-state index in [-0.39, 0.29) is 18.0 Å². The Hall–Kier alpha value is -0.670. The number of methoxy groups -OCH3 is 1. The Labute approximate surface area is 121 Å². The van der Waals surface area contributed by atoms with Crippen molar-refractivity contribution < 1.29 is 18.3 Å². The summed E-state index contributed by atoms with van der Waals surface area (Å²) in [6, 6.07) is 3.10. The van der Waals surface area contributed by atoms with Crippen LogP contribution in [0.25, 0.3) is 0 Å². The molecule has 0 bridgehead atoms. The molecule has 108 valence electrons. The van der Waals surface area contributed by atoms with E-state index in [4.69, 9.17) is 10.5 Å². The molecule has 0 saturated heterocycles. The molecule has 4 N–H and O–H groups in total. The Kier molecular flexibility index (Phi) is 5.75. The van der Waals surface area contributed by atoms with Gasteiger partial charge in [0.2, 0.25) is 10.0 Å². The van der Waals surface area contributed by atoms with Crippen molar-refractivity contribution in [2.75, 3.05) is 26.0 Å². The fourth-order valence-electron chi connectivity index (χ4n) is 1.49.